The van der Waals surface area contributed by atoms with Crippen molar-refractivity contribution in [3.63, 3.8) is 0 Å². The van der Waals surface area contributed by atoms with Crippen molar-refractivity contribution < 1.29 is 31.9 Å². The fourth-order valence-corrected chi connectivity index (χ4v) is 4.25. The Bertz CT molecular complexity index is 1310. The monoisotopic (exact) mass is 496 g/mol. The van der Waals surface area contributed by atoms with Crippen molar-refractivity contribution in [3.8, 4) is 0 Å². The van der Waals surface area contributed by atoms with Crippen LogP contribution in [0.15, 0.2) is 33.6 Å². The number of esters is 2. The molecule has 0 aliphatic carbocycles. The summed E-state index contributed by atoms with van der Waals surface area (Å²) in [5.41, 5.74) is 6.16. The average molecular weight is 497 g/mol. The minimum absolute atomic E-state index is 0.0172. The highest BCUT2D eigenvalue weighted by Gasteiger charge is 2.24. The van der Waals surface area contributed by atoms with Gasteiger partial charge in [0.25, 0.3) is 0 Å². The van der Waals surface area contributed by atoms with Gasteiger partial charge in [-0.2, -0.15) is 4.98 Å². The van der Waals surface area contributed by atoms with Gasteiger partial charge < -0.3 is 19.6 Å². The summed E-state index contributed by atoms with van der Waals surface area (Å²) in [4.78, 5) is 32.3. The SMILES string of the molecule is CCOC(=O)c1c(C)oc2nc(COC(=O)CCNS(=O)(=O)c3cccc(Cl)c3)nc(N)c12. The van der Waals surface area contributed by atoms with E-state index in [2.05, 4.69) is 14.7 Å². The number of fused-ring (bicyclic) bond motifs is 1. The van der Waals surface area contributed by atoms with Crippen LogP contribution in [0.3, 0.4) is 0 Å². The largest absolute Gasteiger partial charge is 0.462 e. The molecule has 2 aromatic heterocycles. The molecule has 2 heterocycles. The van der Waals surface area contributed by atoms with Crippen molar-refractivity contribution >= 4 is 50.5 Å². The van der Waals surface area contributed by atoms with Gasteiger partial charge in [0, 0.05) is 11.6 Å². The van der Waals surface area contributed by atoms with Crippen molar-refractivity contribution in [1.82, 2.24) is 14.7 Å². The zero-order chi connectivity index (χ0) is 24.2. The van der Waals surface area contributed by atoms with Crippen LogP contribution in [0.5, 0.6) is 0 Å². The first-order valence-electron chi connectivity index (χ1n) is 9.75. The van der Waals surface area contributed by atoms with Gasteiger partial charge in [0.1, 0.15) is 17.1 Å². The molecule has 0 aliphatic heterocycles. The van der Waals surface area contributed by atoms with Gasteiger partial charge in [-0.3, -0.25) is 4.79 Å². The van der Waals surface area contributed by atoms with Crippen LogP contribution < -0.4 is 10.5 Å². The number of nitrogen functional groups attached to an aromatic ring is 1. The number of carbonyl (C=O) groups is 2. The van der Waals surface area contributed by atoms with Gasteiger partial charge in [0.05, 0.1) is 23.3 Å². The van der Waals surface area contributed by atoms with E-state index >= 15 is 0 Å². The Labute approximate surface area is 194 Å². The summed E-state index contributed by atoms with van der Waals surface area (Å²) in [6, 6.07) is 5.73. The Hall–Kier alpha value is -3.22. The molecular formula is C20H21ClN4O7S. The molecule has 3 rings (SSSR count). The number of anilines is 1. The molecule has 0 spiro atoms. The number of nitrogens with zero attached hydrogens (tertiary/aromatic N) is 2. The molecule has 0 unspecified atom stereocenters. The average Bonchev–Trinajstić information content (AvgIpc) is 3.08. The second kappa shape index (κ2) is 10.1. The number of furan rings is 1. The van der Waals surface area contributed by atoms with Gasteiger partial charge in [0.2, 0.25) is 15.7 Å². The van der Waals surface area contributed by atoms with Crippen LogP contribution in [-0.4, -0.2) is 43.5 Å². The number of carbonyl (C=O) groups excluding carboxylic acids is 2. The summed E-state index contributed by atoms with van der Waals surface area (Å²) in [5, 5.41) is 0.492. The van der Waals surface area contributed by atoms with E-state index in [0.717, 1.165) is 0 Å². The number of halogens is 1. The summed E-state index contributed by atoms with van der Waals surface area (Å²) in [6.45, 7) is 2.90. The molecule has 0 bridgehead atoms. The molecule has 0 saturated heterocycles. The van der Waals surface area contributed by atoms with E-state index in [0.29, 0.717) is 0 Å². The number of sulfonamides is 1. The minimum atomic E-state index is -3.82. The standard InChI is InChI=1S/C20H21ClN4O7S/c1-3-30-20(27)16-11(2)32-19-17(16)18(22)24-14(25-19)10-31-15(26)7-8-23-33(28,29)13-6-4-5-12(21)9-13/h4-6,9,23H,3,7-8,10H2,1-2H3,(H2,22,24,25). The van der Waals surface area contributed by atoms with Crippen molar-refractivity contribution in [3.05, 3.63) is 46.4 Å². The van der Waals surface area contributed by atoms with Crippen LogP contribution in [0, 0.1) is 6.92 Å². The van der Waals surface area contributed by atoms with Crippen molar-refractivity contribution in [1.29, 1.82) is 0 Å². The zero-order valence-corrected chi connectivity index (χ0v) is 19.3. The van der Waals surface area contributed by atoms with E-state index in [-0.39, 0.29) is 70.2 Å². The lowest BCUT2D eigenvalue weighted by Gasteiger charge is -2.08. The Balaban J connectivity index is 1.60. The van der Waals surface area contributed by atoms with Gasteiger partial charge in [-0.15, -0.1) is 0 Å². The summed E-state index contributed by atoms with van der Waals surface area (Å²) >= 11 is 5.81. The van der Waals surface area contributed by atoms with Crippen molar-refractivity contribution in [2.45, 2.75) is 31.8 Å². The van der Waals surface area contributed by atoms with Gasteiger partial charge in [-0.1, -0.05) is 17.7 Å². The molecule has 11 nitrogen and oxygen atoms in total. The molecule has 0 aliphatic rings. The van der Waals surface area contributed by atoms with Crippen LogP contribution in [0.25, 0.3) is 11.1 Å². The van der Waals surface area contributed by atoms with Crippen LogP contribution in [-0.2, 0) is 30.9 Å². The van der Waals surface area contributed by atoms with E-state index in [1.54, 1.807) is 19.9 Å². The number of hydrogen-bond donors (Lipinski definition) is 2. The number of aromatic nitrogens is 2. The molecule has 1 aromatic carbocycles. The molecule has 0 radical (unpaired) electrons. The number of nitrogens with two attached hydrogens (primary N) is 1. The number of ether oxygens (including phenoxy) is 2. The summed E-state index contributed by atoms with van der Waals surface area (Å²) in [7, 11) is -3.82. The van der Waals surface area contributed by atoms with E-state index < -0.39 is 22.0 Å². The molecule has 3 aromatic rings. The zero-order valence-electron chi connectivity index (χ0n) is 17.8. The van der Waals surface area contributed by atoms with Gasteiger partial charge >= 0.3 is 11.9 Å². The smallest absolute Gasteiger partial charge is 0.342 e. The van der Waals surface area contributed by atoms with E-state index in [9.17, 15) is 18.0 Å². The predicted molar refractivity (Wildman–Crippen MR) is 118 cm³/mol. The molecule has 176 valence electrons. The predicted octanol–water partition coefficient (Wildman–Crippen LogP) is 2.36. The van der Waals surface area contributed by atoms with Gasteiger partial charge in [-0.25, -0.2) is 22.9 Å². The lowest BCUT2D eigenvalue weighted by molar-refractivity contribution is -0.145. The van der Waals surface area contributed by atoms with Gasteiger partial charge in [-0.05, 0) is 32.0 Å². The number of hydrogen-bond acceptors (Lipinski definition) is 10. The third-order valence-corrected chi connectivity index (χ3v) is 6.07. The highest BCUT2D eigenvalue weighted by atomic mass is 35.5. The third-order valence-electron chi connectivity index (χ3n) is 4.37. The normalized spacial score (nSPS) is 11.5. The molecular weight excluding hydrogens is 476 g/mol. The highest BCUT2D eigenvalue weighted by molar-refractivity contribution is 7.89. The van der Waals surface area contributed by atoms with Gasteiger partial charge in [0.15, 0.2) is 12.4 Å². The molecule has 3 N–H and O–H groups in total. The molecule has 0 atom stereocenters. The maximum Gasteiger partial charge on any atom is 0.342 e. The van der Waals surface area contributed by atoms with Crippen LogP contribution in [0.4, 0.5) is 5.82 Å². The number of nitrogens with one attached hydrogen (secondary N) is 1. The molecule has 13 heteroatoms. The van der Waals surface area contributed by atoms with Crippen molar-refractivity contribution in [2.24, 2.45) is 0 Å². The Morgan fingerprint density at radius 3 is 2.70 bits per heavy atom. The molecule has 0 fully saturated rings. The van der Waals surface area contributed by atoms with E-state index in [1.807, 2.05) is 0 Å². The molecule has 0 saturated carbocycles. The summed E-state index contributed by atoms with van der Waals surface area (Å²) in [5.74, 6) is -1.000. The number of aryl methyl sites for hydroxylation is 1. The fraction of sp³-hybridized carbons (Fsp3) is 0.300. The van der Waals surface area contributed by atoms with E-state index in [4.69, 9.17) is 31.2 Å². The second-order valence-electron chi connectivity index (χ2n) is 6.72. The first-order valence-corrected chi connectivity index (χ1v) is 11.6. The molecule has 0 amide bonds. The van der Waals surface area contributed by atoms with Crippen LogP contribution >= 0.6 is 11.6 Å². The maximum atomic E-state index is 12.2. The lowest BCUT2D eigenvalue weighted by Crippen LogP contribution is -2.26. The third kappa shape index (κ3) is 5.78. The number of rotatable bonds is 9. The first kappa shape index (κ1) is 24.4. The second-order valence-corrected chi connectivity index (χ2v) is 8.93. The summed E-state index contributed by atoms with van der Waals surface area (Å²) < 4.78 is 42.3. The quantitative estimate of drug-likeness (QED) is 0.420. The molecule has 33 heavy (non-hydrogen) atoms. The fourth-order valence-electron chi connectivity index (χ4n) is 2.92. The first-order chi connectivity index (χ1) is 15.6. The maximum absolute atomic E-state index is 12.2. The Morgan fingerprint density at radius 1 is 1.24 bits per heavy atom. The Morgan fingerprint density at radius 2 is 2.00 bits per heavy atom. The highest BCUT2D eigenvalue weighted by Crippen LogP contribution is 2.29. The van der Waals surface area contributed by atoms with Crippen LogP contribution in [0.2, 0.25) is 5.02 Å². The Kier molecular flexibility index (Phi) is 7.51. The lowest BCUT2D eigenvalue weighted by atomic mass is 10.2. The topological polar surface area (TPSA) is 164 Å². The summed E-state index contributed by atoms with van der Waals surface area (Å²) in [6.07, 6.45) is -0.232. The van der Waals surface area contributed by atoms with Crippen molar-refractivity contribution in [2.75, 3.05) is 18.9 Å². The van der Waals surface area contributed by atoms with E-state index in [1.165, 1.54) is 18.2 Å². The number of benzene rings is 1. The van der Waals surface area contributed by atoms with Crippen LogP contribution in [0.1, 0.15) is 35.3 Å². The minimum Gasteiger partial charge on any atom is -0.462 e.